The predicted molar refractivity (Wildman–Crippen MR) is 98.5 cm³/mol. The Balaban J connectivity index is 1.85. The fourth-order valence-corrected chi connectivity index (χ4v) is 3.34. The largest absolute Gasteiger partial charge is 0.411 e. The zero-order valence-corrected chi connectivity index (χ0v) is 15.3. The molecule has 0 aliphatic carbocycles. The third-order valence-corrected chi connectivity index (χ3v) is 4.81. The molecule has 25 heavy (non-hydrogen) atoms. The first-order valence-corrected chi connectivity index (χ1v) is 8.82. The summed E-state index contributed by atoms with van der Waals surface area (Å²) in [6.07, 6.45) is 0. The Morgan fingerprint density at radius 1 is 1.08 bits per heavy atom. The Morgan fingerprint density at radius 3 is 2.40 bits per heavy atom. The van der Waals surface area contributed by atoms with Gasteiger partial charge in [-0.2, -0.15) is 0 Å². The molecule has 0 fully saturated rings. The van der Waals surface area contributed by atoms with E-state index in [1.807, 2.05) is 42.5 Å². The average molecular weight is 374 g/mol. The van der Waals surface area contributed by atoms with E-state index in [2.05, 4.69) is 10.2 Å². The fraction of sp³-hybridized carbons (Fsp3) is 0.167. The molecule has 1 heterocycles. The van der Waals surface area contributed by atoms with Crippen LogP contribution in [0.1, 0.15) is 10.8 Å². The number of thioether (sulfide) groups is 1. The number of rotatable bonds is 5. The van der Waals surface area contributed by atoms with Crippen LogP contribution in [0.25, 0.3) is 11.5 Å². The van der Waals surface area contributed by atoms with Gasteiger partial charge in [-0.25, -0.2) is 0 Å². The van der Waals surface area contributed by atoms with Gasteiger partial charge in [-0.05, 0) is 41.6 Å². The monoisotopic (exact) mass is 373 g/mol. The Hall–Kier alpha value is -2.31. The Kier molecular flexibility index (Phi) is 5.40. The summed E-state index contributed by atoms with van der Waals surface area (Å²) >= 11 is 7.13. The Labute approximate surface area is 155 Å². The van der Waals surface area contributed by atoms with Crippen molar-refractivity contribution in [3.8, 4) is 11.5 Å². The van der Waals surface area contributed by atoms with Gasteiger partial charge in [-0.1, -0.05) is 41.9 Å². The molecule has 0 radical (unpaired) electrons. The number of amides is 1. The maximum atomic E-state index is 12.6. The van der Waals surface area contributed by atoms with Gasteiger partial charge in [0, 0.05) is 24.7 Å². The second-order valence-electron chi connectivity index (χ2n) is 5.52. The van der Waals surface area contributed by atoms with Gasteiger partial charge in [-0.15, -0.1) is 10.2 Å². The van der Waals surface area contributed by atoms with Gasteiger partial charge >= 0.3 is 0 Å². The third-order valence-electron chi connectivity index (χ3n) is 3.48. The van der Waals surface area contributed by atoms with E-state index in [-0.39, 0.29) is 5.91 Å². The SMILES string of the molecule is CN(C)C(=O)C(Sc1nnc(-c2ccc(Cl)cc2)o1)c1ccccc1. The standard InChI is InChI=1S/C18H16ClN3O2S/c1-22(2)17(23)15(12-6-4-3-5-7-12)25-18-21-20-16(24-18)13-8-10-14(19)11-9-13/h3-11,15H,1-2H3. The maximum absolute atomic E-state index is 12.6. The lowest BCUT2D eigenvalue weighted by atomic mass is 10.1. The molecule has 1 amide bonds. The first-order valence-electron chi connectivity index (χ1n) is 7.57. The van der Waals surface area contributed by atoms with E-state index in [0.29, 0.717) is 16.1 Å². The molecular formula is C18H16ClN3O2S. The van der Waals surface area contributed by atoms with Gasteiger partial charge in [-0.3, -0.25) is 4.79 Å². The first-order chi connectivity index (χ1) is 12.0. The third kappa shape index (κ3) is 4.21. The lowest BCUT2D eigenvalue weighted by Crippen LogP contribution is -2.26. The molecule has 128 valence electrons. The number of carbonyl (C=O) groups is 1. The summed E-state index contributed by atoms with van der Waals surface area (Å²) in [5.41, 5.74) is 1.66. The van der Waals surface area contributed by atoms with Crippen LogP contribution < -0.4 is 0 Å². The van der Waals surface area contributed by atoms with Crippen LogP contribution in [-0.4, -0.2) is 35.1 Å². The Bertz CT molecular complexity index is 850. The van der Waals surface area contributed by atoms with E-state index in [1.54, 1.807) is 31.1 Å². The molecule has 1 unspecified atom stereocenters. The quantitative estimate of drug-likeness (QED) is 0.623. The molecule has 3 aromatic rings. The van der Waals surface area contributed by atoms with Crippen molar-refractivity contribution < 1.29 is 9.21 Å². The number of benzene rings is 2. The van der Waals surface area contributed by atoms with E-state index >= 15 is 0 Å². The molecule has 2 aromatic carbocycles. The molecule has 0 N–H and O–H groups in total. The molecule has 5 nitrogen and oxygen atoms in total. The summed E-state index contributed by atoms with van der Waals surface area (Å²) in [7, 11) is 3.46. The van der Waals surface area contributed by atoms with E-state index in [9.17, 15) is 4.79 Å². The van der Waals surface area contributed by atoms with E-state index < -0.39 is 5.25 Å². The first kappa shape index (κ1) is 17.5. The predicted octanol–water partition coefficient (Wildman–Crippen LogP) is 4.31. The second kappa shape index (κ2) is 7.72. The summed E-state index contributed by atoms with van der Waals surface area (Å²) in [4.78, 5) is 14.1. The summed E-state index contributed by atoms with van der Waals surface area (Å²) in [6.45, 7) is 0. The van der Waals surface area contributed by atoms with Crippen molar-refractivity contribution in [1.82, 2.24) is 15.1 Å². The van der Waals surface area contributed by atoms with E-state index in [1.165, 1.54) is 11.8 Å². The van der Waals surface area contributed by atoms with Gasteiger partial charge < -0.3 is 9.32 Å². The van der Waals surface area contributed by atoms with Crippen molar-refractivity contribution in [2.45, 2.75) is 10.5 Å². The molecule has 0 bridgehead atoms. The minimum atomic E-state index is -0.449. The number of likely N-dealkylation sites (N-methyl/N-ethyl adjacent to an activating group) is 1. The Morgan fingerprint density at radius 2 is 1.76 bits per heavy atom. The fourth-order valence-electron chi connectivity index (χ4n) is 2.19. The highest BCUT2D eigenvalue weighted by atomic mass is 35.5. The van der Waals surface area contributed by atoms with Crippen LogP contribution in [0.15, 0.2) is 64.2 Å². The van der Waals surface area contributed by atoms with Crippen LogP contribution >= 0.6 is 23.4 Å². The summed E-state index contributed by atoms with van der Waals surface area (Å²) in [5.74, 6) is 0.353. The maximum Gasteiger partial charge on any atom is 0.277 e. The molecule has 0 spiro atoms. The zero-order valence-electron chi connectivity index (χ0n) is 13.7. The molecule has 7 heteroatoms. The molecule has 1 aromatic heterocycles. The minimum Gasteiger partial charge on any atom is -0.411 e. The van der Waals surface area contributed by atoms with Gasteiger partial charge in [0.1, 0.15) is 5.25 Å². The van der Waals surface area contributed by atoms with Gasteiger partial charge in [0.2, 0.25) is 11.8 Å². The molecular weight excluding hydrogens is 358 g/mol. The lowest BCUT2D eigenvalue weighted by Gasteiger charge is -2.18. The van der Waals surface area contributed by atoms with Gasteiger partial charge in [0.15, 0.2) is 0 Å². The van der Waals surface area contributed by atoms with E-state index in [4.69, 9.17) is 16.0 Å². The van der Waals surface area contributed by atoms with Crippen molar-refractivity contribution >= 4 is 29.3 Å². The molecule has 0 saturated carbocycles. The van der Waals surface area contributed by atoms with Gasteiger partial charge in [0.05, 0.1) is 0 Å². The van der Waals surface area contributed by atoms with Crippen molar-refractivity contribution in [1.29, 1.82) is 0 Å². The molecule has 3 rings (SSSR count). The molecule has 0 aliphatic rings. The summed E-state index contributed by atoms with van der Waals surface area (Å²) in [6, 6.07) is 16.7. The zero-order chi connectivity index (χ0) is 17.8. The summed E-state index contributed by atoms with van der Waals surface area (Å²) in [5, 5.41) is 8.66. The van der Waals surface area contributed by atoms with E-state index in [0.717, 1.165) is 11.1 Å². The number of hydrogen-bond acceptors (Lipinski definition) is 5. The topological polar surface area (TPSA) is 59.2 Å². The normalized spacial score (nSPS) is 12.0. The molecule has 0 saturated heterocycles. The highest BCUT2D eigenvalue weighted by molar-refractivity contribution is 8.00. The van der Waals surface area contributed by atoms with Crippen molar-refractivity contribution in [3.05, 3.63) is 65.2 Å². The van der Waals surface area contributed by atoms with Crippen LogP contribution in [0.5, 0.6) is 0 Å². The number of nitrogens with zero attached hydrogens (tertiary/aromatic N) is 3. The van der Waals surface area contributed by atoms with Crippen LogP contribution in [-0.2, 0) is 4.79 Å². The lowest BCUT2D eigenvalue weighted by molar-refractivity contribution is -0.128. The van der Waals surface area contributed by atoms with Gasteiger partial charge in [0.25, 0.3) is 5.22 Å². The second-order valence-corrected chi connectivity index (χ2v) is 7.01. The minimum absolute atomic E-state index is 0.0394. The van der Waals surface area contributed by atoms with Crippen molar-refractivity contribution in [2.75, 3.05) is 14.1 Å². The summed E-state index contributed by atoms with van der Waals surface area (Å²) < 4.78 is 5.72. The molecule has 1 atom stereocenters. The highest BCUT2D eigenvalue weighted by Crippen LogP contribution is 2.36. The highest BCUT2D eigenvalue weighted by Gasteiger charge is 2.26. The van der Waals surface area contributed by atoms with Crippen LogP contribution in [0, 0.1) is 0 Å². The van der Waals surface area contributed by atoms with Crippen molar-refractivity contribution in [3.63, 3.8) is 0 Å². The molecule has 0 aliphatic heterocycles. The number of aromatic nitrogens is 2. The number of hydrogen-bond donors (Lipinski definition) is 0. The average Bonchev–Trinajstić information content (AvgIpc) is 3.09. The smallest absolute Gasteiger partial charge is 0.277 e. The van der Waals surface area contributed by atoms with Crippen LogP contribution in [0.3, 0.4) is 0 Å². The number of carbonyl (C=O) groups excluding carboxylic acids is 1. The van der Waals surface area contributed by atoms with Crippen molar-refractivity contribution in [2.24, 2.45) is 0 Å². The number of halogens is 1. The van der Waals surface area contributed by atoms with Crippen LogP contribution in [0.2, 0.25) is 5.02 Å². The van der Waals surface area contributed by atoms with Crippen LogP contribution in [0.4, 0.5) is 0 Å².